The van der Waals surface area contributed by atoms with Crippen LogP contribution in [-0.2, 0) is 11.2 Å². The molecule has 0 saturated heterocycles. The highest BCUT2D eigenvalue weighted by Gasteiger charge is 2.21. The van der Waals surface area contributed by atoms with Crippen LogP contribution >= 0.6 is 0 Å². The molecular formula is C18H18N2O. The Bertz CT molecular complexity index is 675. The number of anilines is 1. The van der Waals surface area contributed by atoms with Gasteiger partial charge in [0.05, 0.1) is 18.2 Å². The number of hydrogen-bond acceptors (Lipinski definition) is 3. The molecular weight excluding hydrogens is 260 g/mol. The molecule has 0 amide bonds. The molecule has 0 saturated carbocycles. The fourth-order valence-electron chi connectivity index (χ4n) is 2.79. The van der Waals surface area contributed by atoms with Crippen molar-refractivity contribution in [3.8, 4) is 6.07 Å². The molecule has 1 unspecified atom stereocenters. The molecule has 0 radical (unpaired) electrons. The van der Waals surface area contributed by atoms with E-state index < -0.39 is 0 Å². The molecule has 3 rings (SSSR count). The Morgan fingerprint density at radius 3 is 2.95 bits per heavy atom. The van der Waals surface area contributed by atoms with E-state index in [9.17, 15) is 0 Å². The molecule has 1 aliphatic heterocycles. The van der Waals surface area contributed by atoms with Gasteiger partial charge in [-0.2, -0.15) is 5.26 Å². The van der Waals surface area contributed by atoms with E-state index in [1.54, 1.807) is 0 Å². The lowest BCUT2D eigenvalue weighted by atomic mass is 9.97. The number of benzene rings is 2. The van der Waals surface area contributed by atoms with Crippen molar-refractivity contribution in [3.63, 3.8) is 0 Å². The van der Waals surface area contributed by atoms with Gasteiger partial charge in [0.1, 0.15) is 6.10 Å². The third kappa shape index (κ3) is 2.91. The van der Waals surface area contributed by atoms with Gasteiger partial charge in [-0.15, -0.1) is 0 Å². The van der Waals surface area contributed by atoms with E-state index in [-0.39, 0.29) is 6.10 Å². The lowest BCUT2D eigenvalue weighted by molar-refractivity contribution is 0.0478. The first-order valence-corrected chi connectivity index (χ1v) is 7.18. The van der Waals surface area contributed by atoms with Gasteiger partial charge < -0.3 is 9.64 Å². The van der Waals surface area contributed by atoms with E-state index >= 15 is 0 Å². The SMILES string of the molecule is CN(CC1OCCc2ccccc21)c1cccc(C#N)c1. The monoisotopic (exact) mass is 278 g/mol. The summed E-state index contributed by atoms with van der Waals surface area (Å²) in [6.07, 6.45) is 1.08. The molecule has 0 bridgehead atoms. The highest BCUT2D eigenvalue weighted by molar-refractivity contribution is 5.51. The second-order valence-electron chi connectivity index (χ2n) is 5.35. The van der Waals surface area contributed by atoms with E-state index in [2.05, 4.69) is 35.2 Å². The fraction of sp³-hybridized carbons (Fsp3) is 0.278. The summed E-state index contributed by atoms with van der Waals surface area (Å²) in [6.45, 7) is 1.56. The summed E-state index contributed by atoms with van der Waals surface area (Å²) in [6, 6.07) is 18.3. The summed E-state index contributed by atoms with van der Waals surface area (Å²) in [7, 11) is 2.04. The number of rotatable bonds is 3. The summed E-state index contributed by atoms with van der Waals surface area (Å²) < 4.78 is 5.95. The van der Waals surface area contributed by atoms with Gasteiger partial charge in [0.25, 0.3) is 0 Å². The van der Waals surface area contributed by atoms with Crippen molar-refractivity contribution in [3.05, 3.63) is 65.2 Å². The molecule has 106 valence electrons. The first kappa shape index (κ1) is 13.7. The molecule has 1 heterocycles. The van der Waals surface area contributed by atoms with Gasteiger partial charge in [0.2, 0.25) is 0 Å². The van der Waals surface area contributed by atoms with Gasteiger partial charge in [-0.3, -0.25) is 0 Å². The highest BCUT2D eigenvalue weighted by Crippen LogP contribution is 2.28. The minimum Gasteiger partial charge on any atom is -0.372 e. The van der Waals surface area contributed by atoms with Crippen LogP contribution in [0.1, 0.15) is 22.8 Å². The second-order valence-corrected chi connectivity index (χ2v) is 5.35. The van der Waals surface area contributed by atoms with Gasteiger partial charge >= 0.3 is 0 Å². The molecule has 0 aliphatic carbocycles. The largest absolute Gasteiger partial charge is 0.372 e. The predicted molar refractivity (Wildman–Crippen MR) is 83.3 cm³/mol. The van der Waals surface area contributed by atoms with Crippen molar-refractivity contribution in [1.29, 1.82) is 5.26 Å². The van der Waals surface area contributed by atoms with Crippen LogP contribution in [0.2, 0.25) is 0 Å². The second kappa shape index (κ2) is 5.99. The van der Waals surface area contributed by atoms with Crippen molar-refractivity contribution >= 4 is 5.69 Å². The number of ether oxygens (including phenoxy) is 1. The summed E-state index contributed by atoms with van der Waals surface area (Å²) in [5, 5.41) is 9.00. The highest BCUT2D eigenvalue weighted by atomic mass is 16.5. The Morgan fingerprint density at radius 2 is 2.10 bits per heavy atom. The maximum Gasteiger partial charge on any atom is 0.100 e. The zero-order valence-electron chi connectivity index (χ0n) is 12.1. The molecule has 0 fully saturated rings. The first-order valence-electron chi connectivity index (χ1n) is 7.18. The number of fused-ring (bicyclic) bond motifs is 1. The summed E-state index contributed by atoms with van der Waals surface area (Å²) in [5.41, 5.74) is 4.39. The molecule has 2 aromatic rings. The van der Waals surface area contributed by atoms with E-state index in [1.807, 2.05) is 31.3 Å². The molecule has 0 N–H and O–H groups in total. The molecule has 0 aromatic heterocycles. The number of likely N-dealkylation sites (N-methyl/N-ethyl adjacent to an activating group) is 1. The molecule has 21 heavy (non-hydrogen) atoms. The number of nitrogens with zero attached hydrogens (tertiary/aromatic N) is 2. The Kier molecular flexibility index (Phi) is 3.89. The maximum atomic E-state index is 9.00. The Balaban J connectivity index is 1.79. The molecule has 1 atom stereocenters. The lowest BCUT2D eigenvalue weighted by Gasteiger charge is -2.30. The number of hydrogen-bond donors (Lipinski definition) is 0. The first-order chi connectivity index (χ1) is 10.3. The van der Waals surface area contributed by atoms with Crippen LogP contribution in [-0.4, -0.2) is 20.2 Å². The zero-order valence-corrected chi connectivity index (χ0v) is 12.1. The average Bonchev–Trinajstić information content (AvgIpc) is 2.55. The third-order valence-electron chi connectivity index (χ3n) is 3.95. The minimum absolute atomic E-state index is 0.0886. The van der Waals surface area contributed by atoms with Gasteiger partial charge in [0, 0.05) is 19.3 Å². The van der Waals surface area contributed by atoms with E-state index in [1.165, 1.54) is 11.1 Å². The van der Waals surface area contributed by atoms with Crippen LogP contribution in [0.25, 0.3) is 0 Å². The molecule has 2 aromatic carbocycles. The van der Waals surface area contributed by atoms with Crippen LogP contribution < -0.4 is 4.90 Å². The van der Waals surface area contributed by atoms with E-state index in [4.69, 9.17) is 10.00 Å². The van der Waals surface area contributed by atoms with Gasteiger partial charge in [-0.1, -0.05) is 30.3 Å². The van der Waals surface area contributed by atoms with Crippen molar-refractivity contribution < 1.29 is 4.74 Å². The molecule has 0 spiro atoms. The summed E-state index contributed by atoms with van der Waals surface area (Å²) in [4.78, 5) is 2.15. The number of nitriles is 1. The Morgan fingerprint density at radius 1 is 1.24 bits per heavy atom. The third-order valence-corrected chi connectivity index (χ3v) is 3.95. The van der Waals surface area contributed by atoms with Gasteiger partial charge in [-0.25, -0.2) is 0 Å². The van der Waals surface area contributed by atoms with Crippen molar-refractivity contribution in [2.75, 3.05) is 25.1 Å². The standard InChI is InChI=1S/C18H18N2O/c1-20(16-7-4-5-14(11-16)12-19)13-18-17-8-3-2-6-15(17)9-10-21-18/h2-8,11,18H,9-10,13H2,1H3. The molecule has 3 heteroatoms. The normalized spacial score (nSPS) is 16.9. The van der Waals surface area contributed by atoms with Crippen molar-refractivity contribution in [2.45, 2.75) is 12.5 Å². The summed E-state index contributed by atoms with van der Waals surface area (Å²) in [5.74, 6) is 0. The Hall–Kier alpha value is -2.31. The van der Waals surface area contributed by atoms with Crippen molar-refractivity contribution in [1.82, 2.24) is 0 Å². The smallest absolute Gasteiger partial charge is 0.100 e. The lowest BCUT2D eigenvalue weighted by Crippen LogP contribution is -2.29. The minimum atomic E-state index is 0.0886. The predicted octanol–water partition coefficient (Wildman–Crippen LogP) is 3.31. The maximum absolute atomic E-state index is 9.00. The Labute approximate surface area is 125 Å². The molecule has 1 aliphatic rings. The average molecular weight is 278 g/mol. The van der Waals surface area contributed by atoms with Crippen LogP contribution in [0, 0.1) is 11.3 Å². The van der Waals surface area contributed by atoms with E-state index in [0.717, 1.165) is 25.3 Å². The molecule has 3 nitrogen and oxygen atoms in total. The van der Waals surface area contributed by atoms with Crippen LogP contribution in [0.3, 0.4) is 0 Å². The zero-order chi connectivity index (χ0) is 14.7. The van der Waals surface area contributed by atoms with Crippen molar-refractivity contribution in [2.24, 2.45) is 0 Å². The van der Waals surface area contributed by atoms with Gasteiger partial charge in [0.15, 0.2) is 0 Å². The van der Waals surface area contributed by atoms with E-state index in [0.29, 0.717) is 5.56 Å². The van der Waals surface area contributed by atoms with Crippen LogP contribution in [0.5, 0.6) is 0 Å². The fourth-order valence-corrected chi connectivity index (χ4v) is 2.79. The summed E-state index contributed by atoms with van der Waals surface area (Å²) >= 11 is 0. The van der Waals surface area contributed by atoms with Gasteiger partial charge in [-0.05, 0) is 35.7 Å². The topological polar surface area (TPSA) is 36.3 Å². The van der Waals surface area contributed by atoms with Crippen LogP contribution in [0.15, 0.2) is 48.5 Å². The van der Waals surface area contributed by atoms with Crippen LogP contribution in [0.4, 0.5) is 5.69 Å². The quantitative estimate of drug-likeness (QED) is 0.864.